The van der Waals surface area contributed by atoms with E-state index in [1.165, 1.54) is 0 Å². The minimum absolute atomic E-state index is 0.0151. The molecule has 0 aliphatic heterocycles. The summed E-state index contributed by atoms with van der Waals surface area (Å²) < 4.78 is 5.34. The number of ether oxygens (including phenoxy) is 1. The quantitative estimate of drug-likeness (QED) is 0.198. The molecule has 0 spiro atoms. The fourth-order valence-corrected chi connectivity index (χ4v) is 3.77. The summed E-state index contributed by atoms with van der Waals surface area (Å²) in [6.45, 7) is -0.232. The summed E-state index contributed by atoms with van der Waals surface area (Å²) in [5.41, 5.74) is 9.32. The van der Waals surface area contributed by atoms with Gasteiger partial charge in [-0.2, -0.15) is 0 Å². The van der Waals surface area contributed by atoms with E-state index in [2.05, 4.69) is 5.32 Å². The molecule has 0 fully saturated rings. The second-order valence-corrected chi connectivity index (χ2v) is 7.25. The molecule has 5 N–H and O–H groups in total. The van der Waals surface area contributed by atoms with E-state index in [0.29, 0.717) is 5.01 Å². The Labute approximate surface area is 183 Å². The number of nitrogens with two attached hydrogens (primary N) is 1. The number of nitrogens with zero attached hydrogens (tertiary/aromatic N) is 2. The zero-order valence-corrected chi connectivity index (χ0v) is 17.1. The van der Waals surface area contributed by atoms with Crippen LogP contribution in [0.5, 0.6) is 0 Å². The minimum Gasteiger partial charge on any atom is -0.480 e. The van der Waals surface area contributed by atoms with Gasteiger partial charge in [0.1, 0.15) is 12.6 Å². The van der Waals surface area contributed by atoms with E-state index < -0.39 is 29.1 Å². The molecule has 0 radical (unpaired) electrons. The molecule has 0 saturated heterocycles. The Balaban J connectivity index is 1.58. The number of fused-ring (bicyclic) bond motifs is 3. The van der Waals surface area contributed by atoms with E-state index in [4.69, 9.17) is 15.9 Å². The molecule has 0 bridgehead atoms. The van der Waals surface area contributed by atoms with Crippen LogP contribution in [0.2, 0.25) is 0 Å². The predicted octanol–water partition coefficient (Wildman–Crippen LogP) is 2.15. The van der Waals surface area contributed by atoms with Crippen molar-refractivity contribution in [3.8, 4) is 11.1 Å². The van der Waals surface area contributed by atoms with Gasteiger partial charge in [0.25, 0.3) is 5.96 Å². The Hall–Kier alpha value is -4.15. The fraction of sp³-hybridized carbons (Fsp3) is 0.286. The van der Waals surface area contributed by atoms with Crippen molar-refractivity contribution < 1.29 is 24.5 Å². The standard InChI is InChI=1S/C21H23N5O6/c22-20(23)25(26(30)31)11-5-10-18(19(27)28)24-21(29)32-12-17-15-8-3-1-6-13(15)14-7-2-4-9-16(14)17/h1-4,6-9,17-18H,5,10-12H2,(H3,22,23)(H,24,29)(H,27,28)/t18-/m0/s1. The first-order valence-electron chi connectivity index (χ1n) is 9.89. The van der Waals surface area contributed by atoms with Crippen LogP contribution in [0.4, 0.5) is 4.79 Å². The van der Waals surface area contributed by atoms with E-state index in [9.17, 15) is 24.8 Å². The average Bonchev–Trinajstić information content (AvgIpc) is 3.07. The molecule has 0 unspecified atom stereocenters. The number of hydrogen-bond acceptors (Lipinski definition) is 6. The van der Waals surface area contributed by atoms with Gasteiger partial charge in [-0.1, -0.05) is 53.5 Å². The number of amides is 1. The number of guanidine groups is 1. The molecular weight excluding hydrogens is 418 g/mol. The van der Waals surface area contributed by atoms with Gasteiger partial charge in [0.2, 0.25) is 0 Å². The van der Waals surface area contributed by atoms with Gasteiger partial charge in [0.05, 0.1) is 6.54 Å². The summed E-state index contributed by atoms with van der Waals surface area (Å²) in [7, 11) is 0. The maximum atomic E-state index is 12.3. The van der Waals surface area contributed by atoms with Crippen molar-refractivity contribution in [2.24, 2.45) is 5.73 Å². The highest BCUT2D eigenvalue weighted by molar-refractivity contribution is 5.81. The second-order valence-electron chi connectivity index (χ2n) is 7.25. The number of carbonyl (C=O) groups excluding carboxylic acids is 1. The van der Waals surface area contributed by atoms with Crippen molar-refractivity contribution in [2.75, 3.05) is 13.2 Å². The maximum Gasteiger partial charge on any atom is 0.407 e. The minimum atomic E-state index is -1.30. The third-order valence-electron chi connectivity index (χ3n) is 5.27. The summed E-state index contributed by atoms with van der Waals surface area (Å²) in [5.74, 6) is -2.22. The molecule has 1 amide bonds. The lowest BCUT2D eigenvalue weighted by Gasteiger charge is -2.18. The number of benzene rings is 2. The predicted molar refractivity (Wildman–Crippen MR) is 114 cm³/mol. The van der Waals surface area contributed by atoms with Crippen LogP contribution in [-0.4, -0.2) is 52.4 Å². The van der Waals surface area contributed by atoms with Crippen LogP contribution >= 0.6 is 0 Å². The number of aliphatic carboxylic acids is 1. The molecule has 0 heterocycles. The normalized spacial score (nSPS) is 12.9. The summed E-state index contributed by atoms with van der Waals surface area (Å²) in [5, 5.41) is 29.2. The Kier molecular flexibility index (Phi) is 6.88. The van der Waals surface area contributed by atoms with Gasteiger partial charge in [0.15, 0.2) is 5.03 Å². The molecule has 3 rings (SSSR count). The van der Waals surface area contributed by atoms with Crippen molar-refractivity contribution >= 4 is 18.0 Å². The first-order valence-corrected chi connectivity index (χ1v) is 9.89. The molecule has 1 atom stereocenters. The van der Waals surface area contributed by atoms with Gasteiger partial charge < -0.3 is 20.9 Å². The molecule has 168 valence electrons. The number of carbonyl (C=O) groups is 2. The van der Waals surface area contributed by atoms with E-state index in [0.717, 1.165) is 22.3 Å². The highest BCUT2D eigenvalue weighted by atomic mass is 16.7. The van der Waals surface area contributed by atoms with Crippen molar-refractivity contribution in [3.05, 3.63) is 69.8 Å². The van der Waals surface area contributed by atoms with Crippen LogP contribution in [0.3, 0.4) is 0 Å². The van der Waals surface area contributed by atoms with Crippen LogP contribution in [0.15, 0.2) is 48.5 Å². The zero-order valence-electron chi connectivity index (χ0n) is 17.1. The van der Waals surface area contributed by atoms with Crippen molar-refractivity contribution in [3.63, 3.8) is 0 Å². The summed E-state index contributed by atoms with van der Waals surface area (Å²) in [6.07, 6.45) is -0.977. The van der Waals surface area contributed by atoms with E-state index in [1.807, 2.05) is 48.5 Å². The topological polar surface area (TPSA) is 172 Å². The van der Waals surface area contributed by atoms with Crippen LogP contribution in [0.25, 0.3) is 11.1 Å². The molecule has 1 aliphatic carbocycles. The van der Waals surface area contributed by atoms with Gasteiger partial charge in [-0.05, 0) is 35.1 Å². The average molecular weight is 441 g/mol. The SMILES string of the molecule is N=C(N)N(CCC[C@H](NC(=O)OCC1c2ccccc2-c2ccccc21)C(=O)O)[N+](=O)[O-]. The lowest BCUT2D eigenvalue weighted by molar-refractivity contribution is -0.629. The smallest absolute Gasteiger partial charge is 0.407 e. The third-order valence-corrected chi connectivity index (χ3v) is 5.27. The number of rotatable bonds is 9. The Morgan fingerprint density at radius 2 is 1.75 bits per heavy atom. The number of nitro groups is 1. The maximum absolute atomic E-state index is 12.3. The number of hydrazine groups is 1. The molecule has 0 saturated carbocycles. The highest BCUT2D eigenvalue weighted by Gasteiger charge is 2.30. The monoisotopic (exact) mass is 441 g/mol. The Morgan fingerprint density at radius 1 is 1.19 bits per heavy atom. The molecule has 0 aromatic heterocycles. The molecule has 1 aliphatic rings. The second kappa shape index (κ2) is 9.77. The molecular formula is C21H23N5O6. The van der Waals surface area contributed by atoms with Gasteiger partial charge in [-0.25, -0.2) is 19.7 Å². The van der Waals surface area contributed by atoms with Crippen LogP contribution < -0.4 is 11.1 Å². The van der Waals surface area contributed by atoms with Crippen molar-refractivity contribution in [2.45, 2.75) is 24.8 Å². The Bertz CT molecular complexity index is 983. The van der Waals surface area contributed by atoms with Gasteiger partial charge in [0, 0.05) is 5.92 Å². The Morgan fingerprint density at radius 3 is 2.25 bits per heavy atom. The number of hydrogen-bond donors (Lipinski definition) is 4. The molecule has 2 aromatic rings. The highest BCUT2D eigenvalue weighted by Crippen LogP contribution is 2.44. The third kappa shape index (κ3) is 4.94. The number of nitrogens with one attached hydrogen (secondary N) is 2. The molecule has 2 aromatic carbocycles. The molecule has 32 heavy (non-hydrogen) atoms. The summed E-state index contributed by atoms with van der Waals surface area (Å²) in [4.78, 5) is 34.6. The van der Waals surface area contributed by atoms with E-state index in [-0.39, 0.29) is 31.9 Å². The summed E-state index contributed by atoms with van der Waals surface area (Å²) in [6, 6.07) is 14.3. The molecule has 11 heteroatoms. The van der Waals surface area contributed by atoms with Crippen molar-refractivity contribution in [1.82, 2.24) is 10.3 Å². The number of carboxylic acids is 1. The summed E-state index contributed by atoms with van der Waals surface area (Å²) >= 11 is 0. The van der Waals surface area contributed by atoms with Crippen molar-refractivity contribution in [1.29, 1.82) is 5.41 Å². The number of carboxylic acid groups (broad SMARTS) is 1. The van der Waals surface area contributed by atoms with Crippen LogP contribution in [0.1, 0.15) is 29.9 Å². The first kappa shape index (κ1) is 22.5. The van der Waals surface area contributed by atoms with E-state index in [1.54, 1.807) is 0 Å². The lowest BCUT2D eigenvalue weighted by atomic mass is 9.98. The van der Waals surface area contributed by atoms with Crippen LogP contribution in [0, 0.1) is 15.5 Å². The van der Waals surface area contributed by atoms with Gasteiger partial charge in [-0.3, -0.25) is 5.41 Å². The fourth-order valence-electron chi connectivity index (χ4n) is 3.77. The van der Waals surface area contributed by atoms with Crippen LogP contribution in [-0.2, 0) is 9.53 Å². The zero-order chi connectivity index (χ0) is 23.3. The number of alkyl carbamates (subject to hydrolysis) is 1. The first-order chi connectivity index (χ1) is 15.3. The lowest BCUT2D eigenvalue weighted by Crippen LogP contribution is -2.44. The van der Waals surface area contributed by atoms with Gasteiger partial charge in [-0.15, -0.1) is 0 Å². The molecule has 11 nitrogen and oxygen atoms in total. The largest absolute Gasteiger partial charge is 0.480 e. The van der Waals surface area contributed by atoms with E-state index >= 15 is 0 Å². The van der Waals surface area contributed by atoms with Gasteiger partial charge >= 0.3 is 12.1 Å².